The van der Waals surface area contributed by atoms with Gasteiger partial charge in [-0.05, 0) is 43.4 Å². The van der Waals surface area contributed by atoms with Crippen LogP contribution >= 0.6 is 0 Å². The number of aromatic nitrogens is 2. The smallest absolute Gasteiger partial charge is 0.106 e. The van der Waals surface area contributed by atoms with Crippen LogP contribution in [0.5, 0.6) is 0 Å². The van der Waals surface area contributed by atoms with Crippen LogP contribution in [0.3, 0.4) is 0 Å². The lowest BCUT2D eigenvalue weighted by Crippen LogP contribution is -2.14. The van der Waals surface area contributed by atoms with Gasteiger partial charge in [0.25, 0.3) is 0 Å². The Labute approximate surface area is 121 Å². The number of nitrogen functional groups attached to an aromatic ring is 1. The Morgan fingerprint density at radius 1 is 1.25 bits per heavy atom. The number of aryl methyl sites for hydroxylation is 2. The molecule has 1 aromatic carbocycles. The van der Waals surface area contributed by atoms with E-state index in [9.17, 15) is 0 Å². The summed E-state index contributed by atoms with van der Waals surface area (Å²) in [6, 6.07) is 6.05. The lowest BCUT2D eigenvalue weighted by atomic mass is 9.81. The van der Waals surface area contributed by atoms with Gasteiger partial charge in [-0.15, -0.1) is 0 Å². The van der Waals surface area contributed by atoms with Crippen LogP contribution in [0.1, 0.15) is 44.9 Å². The molecule has 3 nitrogen and oxygen atoms in total. The molecule has 0 spiro atoms. The number of rotatable bonds is 3. The summed E-state index contributed by atoms with van der Waals surface area (Å²) < 4.78 is 2.35. The monoisotopic (exact) mass is 271 g/mol. The summed E-state index contributed by atoms with van der Waals surface area (Å²) >= 11 is 0. The zero-order valence-corrected chi connectivity index (χ0v) is 12.6. The van der Waals surface area contributed by atoms with Crippen LogP contribution in [-0.2, 0) is 6.54 Å². The van der Waals surface area contributed by atoms with Crippen LogP contribution in [0.4, 0.5) is 5.69 Å². The van der Waals surface area contributed by atoms with E-state index < -0.39 is 0 Å². The van der Waals surface area contributed by atoms with Crippen LogP contribution < -0.4 is 5.73 Å². The molecule has 1 aliphatic rings. The molecule has 1 aliphatic carbocycles. The Balaban J connectivity index is 1.72. The first-order chi connectivity index (χ1) is 9.63. The molecule has 20 heavy (non-hydrogen) atoms. The van der Waals surface area contributed by atoms with Gasteiger partial charge in [0.2, 0.25) is 0 Å². The number of imidazole rings is 1. The Hall–Kier alpha value is -1.51. The van der Waals surface area contributed by atoms with Crippen molar-refractivity contribution in [1.82, 2.24) is 9.55 Å². The van der Waals surface area contributed by atoms with Crippen LogP contribution in [0.15, 0.2) is 18.2 Å². The fraction of sp³-hybridized carbons (Fsp3) is 0.588. The molecule has 0 atom stereocenters. The van der Waals surface area contributed by atoms with E-state index >= 15 is 0 Å². The van der Waals surface area contributed by atoms with Gasteiger partial charge in [-0.25, -0.2) is 4.98 Å². The molecule has 1 aromatic heterocycles. The first-order valence-electron chi connectivity index (χ1n) is 7.86. The highest BCUT2D eigenvalue weighted by atomic mass is 15.1. The molecule has 0 unspecified atom stereocenters. The summed E-state index contributed by atoms with van der Waals surface area (Å²) in [6.07, 6.45) is 6.90. The first kappa shape index (κ1) is 13.5. The van der Waals surface area contributed by atoms with Gasteiger partial charge in [0.05, 0.1) is 11.0 Å². The van der Waals surface area contributed by atoms with Gasteiger partial charge in [0.15, 0.2) is 0 Å². The van der Waals surface area contributed by atoms with E-state index in [1.807, 2.05) is 12.1 Å². The van der Waals surface area contributed by atoms with Crippen molar-refractivity contribution in [3.05, 3.63) is 24.0 Å². The predicted octanol–water partition coefficient (Wildman–Crippen LogP) is 4.14. The number of hydrogen-bond donors (Lipinski definition) is 1. The molecule has 0 saturated heterocycles. The minimum atomic E-state index is 0.795. The third-order valence-corrected chi connectivity index (χ3v) is 4.86. The van der Waals surface area contributed by atoms with Gasteiger partial charge < -0.3 is 10.3 Å². The third kappa shape index (κ3) is 2.67. The number of nitrogens with two attached hydrogens (primary N) is 1. The predicted molar refractivity (Wildman–Crippen MR) is 84.6 cm³/mol. The standard InChI is InChI=1S/C17H25N3/c1-12-3-5-14(6-4-12)9-10-20-13(2)19-16-11-15(18)7-8-17(16)20/h7-8,11-12,14H,3-6,9-10,18H2,1-2H3. The fourth-order valence-corrected chi connectivity index (χ4v) is 3.48. The summed E-state index contributed by atoms with van der Waals surface area (Å²) in [5, 5.41) is 0. The number of benzene rings is 1. The van der Waals surface area contributed by atoms with E-state index in [0.29, 0.717) is 0 Å². The zero-order chi connectivity index (χ0) is 14.1. The Morgan fingerprint density at radius 2 is 2.00 bits per heavy atom. The van der Waals surface area contributed by atoms with Gasteiger partial charge in [-0.3, -0.25) is 0 Å². The van der Waals surface area contributed by atoms with E-state index in [0.717, 1.165) is 35.4 Å². The van der Waals surface area contributed by atoms with Crippen molar-refractivity contribution >= 4 is 16.7 Å². The number of fused-ring (bicyclic) bond motifs is 1. The van der Waals surface area contributed by atoms with Crippen LogP contribution in [0.2, 0.25) is 0 Å². The van der Waals surface area contributed by atoms with Gasteiger partial charge in [0, 0.05) is 12.2 Å². The molecule has 3 heteroatoms. The maximum Gasteiger partial charge on any atom is 0.106 e. The molecule has 1 saturated carbocycles. The molecular formula is C17H25N3. The molecule has 0 radical (unpaired) electrons. The molecule has 3 rings (SSSR count). The molecule has 1 heterocycles. The largest absolute Gasteiger partial charge is 0.399 e. The van der Waals surface area contributed by atoms with Crippen LogP contribution in [-0.4, -0.2) is 9.55 Å². The average molecular weight is 271 g/mol. The molecule has 108 valence electrons. The minimum Gasteiger partial charge on any atom is -0.399 e. The second-order valence-electron chi connectivity index (χ2n) is 6.47. The van der Waals surface area contributed by atoms with Crippen molar-refractivity contribution < 1.29 is 0 Å². The summed E-state index contributed by atoms with van der Waals surface area (Å²) in [4.78, 5) is 4.63. The van der Waals surface area contributed by atoms with Crippen molar-refractivity contribution in [2.24, 2.45) is 11.8 Å². The minimum absolute atomic E-state index is 0.795. The SMILES string of the molecule is Cc1nc2cc(N)ccc2n1CCC1CCC(C)CC1. The van der Waals surface area contributed by atoms with Gasteiger partial charge in [0.1, 0.15) is 5.82 Å². The highest BCUT2D eigenvalue weighted by Crippen LogP contribution is 2.31. The first-order valence-corrected chi connectivity index (χ1v) is 7.86. The van der Waals surface area contributed by atoms with Crippen molar-refractivity contribution in [2.45, 2.75) is 52.5 Å². The summed E-state index contributed by atoms with van der Waals surface area (Å²) in [7, 11) is 0. The Morgan fingerprint density at radius 3 is 2.75 bits per heavy atom. The highest BCUT2D eigenvalue weighted by Gasteiger charge is 2.18. The molecule has 1 fully saturated rings. The van der Waals surface area contributed by atoms with E-state index in [1.54, 1.807) is 0 Å². The number of nitrogens with zero attached hydrogens (tertiary/aromatic N) is 2. The lowest BCUT2D eigenvalue weighted by molar-refractivity contribution is 0.269. The summed E-state index contributed by atoms with van der Waals surface area (Å²) in [5.41, 5.74) is 8.88. The molecule has 2 N–H and O–H groups in total. The maximum atomic E-state index is 5.84. The molecule has 0 bridgehead atoms. The van der Waals surface area contributed by atoms with E-state index in [1.165, 1.54) is 37.6 Å². The Bertz CT molecular complexity index is 592. The quantitative estimate of drug-likeness (QED) is 0.852. The summed E-state index contributed by atoms with van der Waals surface area (Å²) in [5.74, 6) is 2.94. The third-order valence-electron chi connectivity index (χ3n) is 4.86. The maximum absolute atomic E-state index is 5.84. The van der Waals surface area contributed by atoms with Crippen molar-refractivity contribution in [3.63, 3.8) is 0 Å². The van der Waals surface area contributed by atoms with Crippen molar-refractivity contribution in [2.75, 3.05) is 5.73 Å². The normalized spacial score (nSPS) is 23.3. The molecule has 0 amide bonds. The summed E-state index contributed by atoms with van der Waals surface area (Å²) in [6.45, 7) is 5.57. The van der Waals surface area contributed by atoms with E-state index in [4.69, 9.17) is 5.73 Å². The zero-order valence-electron chi connectivity index (χ0n) is 12.6. The van der Waals surface area contributed by atoms with E-state index in [-0.39, 0.29) is 0 Å². The van der Waals surface area contributed by atoms with Crippen molar-refractivity contribution in [1.29, 1.82) is 0 Å². The highest BCUT2D eigenvalue weighted by molar-refractivity contribution is 5.79. The second-order valence-corrected chi connectivity index (χ2v) is 6.47. The Kier molecular flexibility index (Phi) is 3.68. The average Bonchev–Trinajstić information content (AvgIpc) is 2.73. The fourth-order valence-electron chi connectivity index (χ4n) is 3.48. The number of hydrogen-bond acceptors (Lipinski definition) is 2. The topological polar surface area (TPSA) is 43.8 Å². The molecular weight excluding hydrogens is 246 g/mol. The van der Waals surface area contributed by atoms with Gasteiger partial charge in [-0.2, -0.15) is 0 Å². The van der Waals surface area contributed by atoms with Crippen molar-refractivity contribution in [3.8, 4) is 0 Å². The van der Waals surface area contributed by atoms with E-state index in [2.05, 4.69) is 29.5 Å². The van der Waals surface area contributed by atoms with Gasteiger partial charge in [-0.1, -0.05) is 32.6 Å². The molecule has 0 aliphatic heterocycles. The molecule has 2 aromatic rings. The van der Waals surface area contributed by atoms with Crippen LogP contribution in [0, 0.1) is 18.8 Å². The second kappa shape index (κ2) is 5.47. The lowest BCUT2D eigenvalue weighted by Gasteiger charge is -2.26. The van der Waals surface area contributed by atoms with Crippen LogP contribution in [0.25, 0.3) is 11.0 Å². The van der Waals surface area contributed by atoms with Gasteiger partial charge >= 0.3 is 0 Å². The number of anilines is 1.